The lowest BCUT2D eigenvalue weighted by atomic mass is 10.2. The van der Waals surface area contributed by atoms with Crippen molar-refractivity contribution in [2.45, 2.75) is 6.54 Å². The summed E-state index contributed by atoms with van der Waals surface area (Å²) in [4.78, 5) is 10.3. The first kappa shape index (κ1) is 15.5. The molecule has 20 heavy (non-hydrogen) atoms. The maximum atomic E-state index is 10.7. The van der Waals surface area contributed by atoms with Crippen molar-refractivity contribution in [2.24, 2.45) is 0 Å². The molecule has 4 nitrogen and oxygen atoms in total. The van der Waals surface area contributed by atoms with Gasteiger partial charge in [-0.05, 0) is 71.6 Å². The molecule has 1 N–H and O–H groups in total. The fourth-order valence-corrected chi connectivity index (χ4v) is 2.79. The lowest BCUT2D eigenvalue weighted by Crippen LogP contribution is -2.00. The van der Waals surface area contributed by atoms with Gasteiger partial charge in [0.15, 0.2) is 0 Å². The predicted molar refractivity (Wildman–Crippen MR) is 90.0 cm³/mol. The Bertz CT molecular complexity index is 662. The molecule has 0 spiro atoms. The van der Waals surface area contributed by atoms with Crippen molar-refractivity contribution in [3.63, 3.8) is 0 Å². The van der Waals surface area contributed by atoms with Crippen LogP contribution in [-0.4, -0.2) is 4.92 Å². The Morgan fingerprint density at radius 1 is 1.00 bits per heavy atom. The highest BCUT2D eigenvalue weighted by molar-refractivity contribution is 9.13. The molecule has 0 amide bonds. The van der Waals surface area contributed by atoms with Crippen molar-refractivity contribution < 1.29 is 4.92 Å². The lowest BCUT2D eigenvalue weighted by Gasteiger charge is -2.09. The van der Waals surface area contributed by atoms with E-state index in [0.29, 0.717) is 11.0 Å². The van der Waals surface area contributed by atoms with E-state index in [9.17, 15) is 10.1 Å². The maximum absolute atomic E-state index is 10.7. The highest BCUT2D eigenvalue weighted by atomic mass is 79.9. The largest absolute Gasteiger partial charge is 0.380 e. The minimum Gasteiger partial charge on any atom is -0.380 e. The van der Waals surface area contributed by atoms with Crippen LogP contribution < -0.4 is 5.32 Å². The third-order valence-electron chi connectivity index (χ3n) is 2.63. The highest BCUT2D eigenvalue weighted by Gasteiger charge is 2.09. The number of hydrogen-bond donors (Lipinski definition) is 1. The predicted octanol–water partition coefficient (Wildman–Crippen LogP) is 5.49. The van der Waals surface area contributed by atoms with Crippen LogP contribution in [0, 0.1) is 10.1 Å². The Balaban J connectivity index is 2.10. The van der Waals surface area contributed by atoms with Crippen LogP contribution in [-0.2, 0) is 6.54 Å². The zero-order chi connectivity index (χ0) is 14.7. The molecule has 0 aliphatic rings. The fraction of sp³-hybridized carbons (Fsp3) is 0.0769. The number of hydrogen-bond acceptors (Lipinski definition) is 3. The smallest absolute Gasteiger partial charge is 0.270 e. The third kappa shape index (κ3) is 3.80. The van der Waals surface area contributed by atoms with E-state index in [0.717, 1.165) is 20.2 Å². The summed E-state index contributed by atoms with van der Waals surface area (Å²) in [7, 11) is 0. The third-order valence-corrected chi connectivity index (χ3v) is 5.17. The summed E-state index contributed by atoms with van der Waals surface area (Å²) in [6, 6.07) is 10.6. The molecule has 0 heterocycles. The molecule has 0 atom stereocenters. The number of nitro benzene ring substituents is 1. The van der Waals surface area contributed by atoms with Crippen molar-refractivity contribution >= 4 is 59.2 Å². The van der Waals surface area contributed by atoms with Crippen LogP contribution in [0.25, 0.3) is 0 Å². The molecule has 7 heteroatoms. The fourth-order valence-electron chi connectivity index (χ4n) is 1.61. The standard InChI is InChI=1S/C13H9Br3N2O2/c14-10-3-1-8(5-11(10)15)7-17-13-4-2-9(18(19)20)6-12(13)16/h1-6,17H,7H2. The molecule has 0 aliphatic heterocycles. The summed E-state index contributed by atoms with van der Waals surface area (Å²) in [5.41, 5.74) is 1.98. The van der Waals surface area contributed by atoms with Gasteiger partial charge in [-0.3, -0.25) is 10.1 Å². The first-order valence-corrected chi connectivity index (χ1v) is 7.97. The SMILES string of the molecule is O=[N+]([O-])c1ccc(NCc2ccc(Br)c(Br)c2)c(Br)c1. The van der Waals surface area contributed by atoms with Gasteiger partial charge >= 0.3 is 0 Å². The molecule has 0 aliphatic carbocycles. The summed E-state index contributed by atoms with van der Waals surface area (Å²) < 4.78 is 2.65. The van der Waals surface area contributed by atoms with Crippen LogP contribution in [0.4, 0.5) is 11.4 Å². The van der Waals surface area contributed by atoms with Gasteiger partial charge in [-0.15, -0.1) is 0 Å². The molecule has 0 fully saturated rings. The van der Waals surface area contributed by atoms with E-state index in [1.807, 2.05) is 18.2 Å². The Labute approximate surface area is 141 Å². The lowest BCUT2D eigenvalue weighted by molar-refractivity contribution is -0.384. The molecule has 2 aromatic rings. The second-order valence-electron chi connectivity index (χ2n) is 4.02. The van der Waals surface area contributed by atoms with Gasteiger partial charge in [0.05, 0.1) is 4.92 Å². The van der Waals surface area contributed by atoms with Crippen LogP contribution in [0.15, 0.2) is 49.8 Å². The quantitative estimate of drug-likeness (QED) is 0.480. The summed E-state index contributed by atoms with van der Waals surface area (Å²) in [5, 5.41) is 13.9. The number of anilines is 1. The first-order chi connectivity index (χ1) is 9.47. The maximum Gasteiger partial charge on any atom is 0.270 e. The molecular formula is C13H9Br3N2O2. The van der Waals surface area contributed by atoms with Crippen molar-refractivity contribution in [1.82, 2.24) is 0 Å². The molecule has 0 aromatic heterocycles. The van der Waals surface area contributed by atoms with Gasteiger partial charge in [0.1, 0.15) is 0 Å². The molecular weight excluding hydrogens is 456 g/mol. The van der Waals surface area contributed by atoms with Gasteiger partial charge in [0.25, 0.3) is 5.69 Å². The molecule has 2 aromatic carbocycles. The molecule has 0 unspecified atom stereocenters. The Morgan fingerprint density at radius 2 is 1.75 bits per heavy atom. The van der Waals surface area contributed by atoms with Gasteiger partial charge in [0.2, 0.25) is 0 Å². The molecule has 0 saturated heterocycles. The van der Waals surface area contributed by atoms with Crippen molar-refractivity contribution in [1.29, 1.82) is 0 Å². The van der Waals surface area contributed by atoms with Crippen LogP contribution >= 0.6 is 47.8 Å². The normalized spacial score (nSPS) is 10.3. The summed E-state index contributed by atoms with van der Waals surface area (Å²) in [6.07, 6.45) is 0. The van der Waals surface area contributed by atoms with E-state index >= 15 is 0 Å². The summed E-state index contributed by atoms with van der Waals surface area (Å²) >= 11 is 10.2. The van der Waals surface area contributed by atoms with Crippen molar-refractivity contribution in [2.75, 3.05) is 5.32 Å². The van der Waals surface area contributed by atoms with Crippen molar-refractivity contribution in [3.05, 3.63) is 65.5 Å². The zero-order valence-corrected chi connectivity index (χ0v) is 14.8. The van der Waals surface area contributed by atoms with Gasteiger partial charge < -0.3 is 5.32 Å². The van der Waals surface area contributed by atoms with Crippen LogP contribution in [0.3, 0.4) is 0 Å². The van der Waals surface area contributed by atoms with E-state index in [-0.39, 0.29) is 5.69 Å². The number of nitrogens with zero attached hydrogens (tertiary/aromatic N) is 1. The average molecular weight is 465 g/mol. The zero-order valence-electron chi connectivity index (χ0n) is 10.1. The number of nitrogens with one attached hydrogen (secondary N) is 1. The van der Waals surface area contributed by atoms with Gasteiger partial charge in [-0.25, -0.2) is 0 Å². The minimum atomic E-state index is -0.416. The van der Waals surface area contributed by atoms with E-state index in [4.69, 9.17) is 0 Å². The first-order valence-electron chi connectivity index (χ1n) is 5.59. The van der Waals surface area contributed by atoms with Gasteiger partial charge in [-0.1, -0.05) is 6.07 Å². The Hall–Kier alpha value is -0.920. The molecule has 0 bridgehead atoms. The van der Waals surface area contributed by atoms with E-state index in [2.05, 4.69) is 53.1 Å². The average Bonchev–Trinajstić information content (AvgIpc) is 2.41. The van der Waals surface area contributed by atoms with Gasteiger partial charge in [-0.2, -0.15) is 0 Å². The van der Waals surface area contributed by atoms with E-state index in [1.165, 1.54) is 12.1 Å². The second-order valence-corrected chi connectivity index (χ2v) is 6.59. The summed E-state index contributed by atoms with van der Waals surface area (Å²) in [6.45, 7) is 0.627. The van der Waals surface area contributed by atoms with E-state index in [1.54, 1.807) is 6.07 Å². The molecule has 0 radical (unpaired) electrons. The van der Waals surface area contributed by atoms with Gasteiger partial charge in [0, 0.05) is 37.8 Å². The minimum absolute atomic E-state index is 0.0637. The number of halogens is 3. The highest BCUT2D eigenvalue weighted by Crippen LogP contribution is 2.28. The number of benzene rings is 2. The second kappa shape index (κ2) is 6.69. The Morgan fingerprint density at radius 3 is 2.35 bits per heavy atom. The van der Waals surface area contributed by atoms with Crippen LogP contribution in [0.2, 0.25) is 0 Å². The molecule has 104 valence electrons. The van der Waals surface area contributed by atoms with Crippen molar-refractivity contribution in [3.8, 4) is 0 Å². The topological polar surface area (TPSA) is 55.2 Å². The number of non-ortho nitro benzene ring substituents is 1. The monoisotopic (exact) mass is 462 g/mol. The number of nitro groups is 1. The molecule has 2 rings (SSSR count). The molecule has 0 saturated carbocycles. The van der Waals surface area contributed by atoms with Crippen LogP contribution in [0.1, 0.15) is 5.56 Å². The Kier molecular flexibility index (Phi) is 5.17. The number of rotatable bonds is 4. The van der Waals surface area contributed by atoms with Crippen LogP contribution in [0.5, 0.6) is 0 Å². The summed E-state index contributed by atoms with van der Waals surface area (Å²) in [5.74, 6) is 0. The van der Waals surface area contributed by atoms with E-state index < -0.39 is 4.92 Å².